The number of hydrogen-bond donors (Lipinski definition) is 2. The molecule has 3 aliphatic rings. The first-order valence-electron chi connectivity index (χ1n) is 12.1. The van der Waals surface area contributed by atoms with Crippen LogP contribution in [0.5, 0.6) is 0 Å². The normalized spacial score (nSPS) is 21.5. The van der Waals surface area contributed by atoms with Gasteiger partial charge in [0.1, 0.15) is 12.4 Å². The number of fused-ring (bicyclic) bond motifs is 5. The van der Waals surface area contributed by atoms with E-state index in [1.807, 2.05) is 0 Å². The molecule has 2 aromatic heterocycles. The number of hydrogen-bond acceptors (Lipinski definition) is 7. The van der Waals surface area contributed by atoms with Crippen molar-refractivity contribution >= 4 is 22.6 Å². The fourth-order valence-electron chi connectivity index (χ4n) is 5.72. The SMILES string of the molecule is CC[C@@]1(O)C(=O)OCc2c1cc1n(c2=O)Cc2c-1nc1cc(F)c(N)cc1c2CN1CCCCC1. The number of pyridine rings is 2. The van der Waals surface area contributed by atoms with Gasteiger partial charge in [0.25, 0.3) is 5.56 Å². The van der Waals surface area contributed by atoms with Crippen molar-refractivity contribution in [3.63, 3.8) is 0 Å². The first-order chi connectivity index (χ1) is 16.8. The molecule has 1 fully saturated rings. The van der Waals surface area contributed by atoms with Crippen molar-refractivity contribution in [1.82, 2.24) is 14.5 Å². The number of piperidine rings is 1. The van der Waals surface area contributed by atoms with Crippen LogP contribution in [0.3, 0.4) is 0 Å². The summed E-state index contributed by atoms with van der Waals surface area (Å²) in [5.74, 6) is -1.30. The van der Waals surface area contributed by atoms with Gasteiger partial charge in [-0.2, -0.15) is 0 Å². The second-order valence-corrected chi connectivity index (χ2v) is 9.75. The van der Waals surface area contributed by atoms with Crippen molar-refractivity contribution in [2.24, 2.45) is 0 Å². The number of cyclic esters (lactones) is 1. The van der Waals surface area contributed by atoms with Crippen LogP contribution < -0.4 is 11.3 Å². The molecule has 5 heterocycles. The number of halogens is 1. The van der Waals surface area contributed by atoms with Gasteiger partial charge in [0.2, 0.25) is 0 Å². The summed E-state index contributed by atoms with van der Waals surface area (Å²) in [4.78, 5) is 33.1. The molecule has 0 bridgehead atoms. The molecule has 8 nitrogen and oxygen atoms in total. The second kappa shape index (κ2) is 7.86. The highest BCUT2D eigenvalue weighted by atomic mass is 19.1. The van der Waals surface area contributed by atoms with E-state index >= 15 is 0 Å². The van der Waals surface area contributed by atoms with Crippen molar-refractivity contribution in [2.75, 3.05) is 18.8 Å². The van der Waals surface area contributed by atoms with E-state index < -0.39 is 17.4 Å². The zero-order valence-electron chi connectivity index (χ0n) is 19.6. The Morgan fingerprint density at radius 1 is 1.17 bits per heavy atom. The Balaban J connectivity index is 1.60. The number of aliphatic hydroxyl groups is 1. The maximum atomic E-state index is 14.5. The highest BCUT2D eigenvalue weighted by molar-refractivity contribution is 5.91. The molecular weight excluding hydrogens is 451 g/mol. The van der Waals surface area contributed by atoms with Gasteiger partial charge in [0.15, 0.2) is 5.60 Å². The third-order valence-corrected chi connectivity index (χ3v) is 7.75. The molecule has 3 N–H and O–H groups in total. The number of nitrogen functional groups attached to an aromatic ring is 1. The lowest BCUT2D eigenvalue weighted by Crippen LogP contribution is -2.44. The summed E-state index contributed by atoms with van der Waals surface area (Å²) in [6, 6.07) is 4.66. The number of anilines is 1. The van der Waals surface area contributed by atoms with E-state index in [4.69, 9.17) is 15.5 Å². The van der Waals surface area contributed by atoms with Crippen LogP contribution >= 0.6 is 0 Å². The van der Waals surface area contributed by atoms with E-state index in [0.717, 1.165) is 42.4 Å². The van der Waals surface area contributed by atoms with Crippen LogP contribution in [0.25, 0.3) is 22.3 Å². The molecule has 9 heteroatoms. The van der Waals surface area contributed by atoms with Gasteiger partial charge in [-0.3, -0.25) is 9.69 Å². The topological polar surface area (TPSA) is 111 Å². The van der Waals surface area contributed by atoms with Gasteiger partial charge in [-0.05, 0) is 50.0 Å². The lowest BCUT2D eigenvalue weighted by atomic mass is 9.86. The average molecular weight is 479 g/mol. The lowest BCUT2D eigenvalue weighted by Gasteiger charge is -2.31. The number of nitrogens with two attached hydrogens (primary N) is 1. The molecule has 6 rings (SSSR count). The largest absolute Gasteiger partial charge is 0.458 e. The molecule has 1 saturated heterocycles. The van der Waals surface area contributed by atoms with E-state index in [2.05, 4.69) is 4.90 Å². The first kappa shape index (κ1) is 22.2. The number of carbonyl (C=O) groups is 1. The van der Waals surface area contributed by atoms with Gasteiger partial charge in [0, 0.05) is 29.1 Å². The minimum atomic E-state index is -1.89. The quantitative estimate of drug-likeness (QED) is 0.344. The molecule has 0 radical (unpaired) electrons. The number of nitrogens with zero attached hydrogens (tertiary/aromatic N) is 3. The second-order valence-electron chi connectivity index (χ2n) is 9.75. The summed E-state index contributed by atoms with van der Waals surface area (Å²) in [6.45, 7) is 4.39. The molecule has 182 valence electrons. The Bertz CT molecular complexity index is 1460. The number of likely N-dealkylation sites (tertiary alicyclic amines) is 1. The third-order valence-electron chi connectivity index (χ3n) is 7.75. The highest BCUT2D eigenvalue weighted by Gasteiger charge is 2.45. The number of benzene rings is 1. The minimum Gasteiger partial charge on any atom is -0.458 e. The van der Waals surface area contributed by atoms with Crippen LogP contribution in [-0.4, -0.2) is 38.6 Å². The number of aromatic nitrogens is 2. The van der Waals surface area contributed by atoms with Crippen molar-refractivity contribution in [3.05, 3.63) is 56.6 Å². The van der Waals surface area contributed by atoms with E-state index in [1.165, 1.54) is 12.5 Å². The smallest absolute Gasteiger partial charge is 0.343 e. The molecule has 0 amide bonds. The molecule has 1 aromatic carbocycles. The Labute approximate surface area is 201 Å². The molecule has 0 saturated carbocycles. The number of carbonyl (C=O) groups excluding carboxylic acids is 1. The summed E-state index contributed by atoms with van der Waals surface area (Å²) in [5.41, 5.74) is 7.78. The van der Waals surface area contributed by atoms with Crippen molar-refractivity contribution in [1.29, 1.82) is 0 Å². The Kier molecular flexibility index (Phi) is 4.98. The third kappa shape index (κ3) is 3.21. The van der Waals surface area contributed by atoms with Gasteiger partial charge in [-0.1, -0.05) is 13.3 Å². The maximum Gasteiger partial charge on any atom is 0.343 e. The van der Waals surface area contributed by atoms with Gasteiger partial charge in [-0.25, -0.2) is 14.2 Å². The van der Waals surface area contributed by atoms with Crippen LogP contribution in [0.4, 0.5) is 10.1 Å². The first-order valence-corrected chi connectivity index (χ1v) is 12.1. The monoisotopic (exact) mass is 478 g/mol. The number of esters is 1. The molecule has 3 aliphatic heterocycles. The molecule has 3 aromatic rings. The molecule has 1 atom stereocenters. The standard InChI is InChI=1S/C26H27FN4O4/c1-2-26(34)18-9-22-23-16(12-31(22)24(32)17(18)13-35-25(26)33)15(11-30-6-4-3-5-7-30)14-8-20(28)19(27)10-21(14)29-23/h8-10,34H,2-7,11-13,28H2,1H3/t26-/m0/s1. The number of ether oxygens (including phenoxy) is 1. The maximum absolute atomic E-state index is 14.5. The van der Waals surface area contributed by atoms with Crippen LogP contribution in [0.1, 0.15) is 54.9 Å². The Hall–Kier alpha value is -3.30. The molecule has 0 unspecified atom stereocenters. The van der Waals surface area contributed by atoms with Crippen LogP contribution in [0, 0.1) is 5.82 Å². The van der Waals surface area contributed by atoms with Crippen LogP contribution in [0.2, 0.25) is 0 Å². The zero-order valence-corrected chi connectivity index (χ0v) is 19.6. The van der Waals surface area contributed by atoms with Crippen LogP contribution in [-0.2, 0) is 34.8 Å². The summed E-state index contributed by atoms with van der Waals surface area (Å²) < 4.78 is 21.2. The van der Waals surface area contributed by atoms with Crippen LogP contribution in [0.15, 0.2) is 23.0 Å². The van der Waals surface area contributed by atoms with E-state index in [9.17, 15) is 19.1 Å². The summed E-state index contributed by atoms with van der Waals surface area (Å²) in [7, 11) is 0. The average Bonchev–Trinajstić information content (AvgIpc) is 3.22. The van der Waals surface area contributed by atoms with Crippen molar-refractivity contribution in [3.8, 4) is 11.4 Å². The molecular formula is C26H27FN4O4. The predicted octanol–water partition coefficient (Wildman–Crippen LogP) is 2.79. The van der Waals surface area contributed by atoms with Crippen molar-refractivity contribution < 1.29 is 19.0 Å². The predicted molar refractivity (Wildman–Crippen MR) is 128 cm³/mol. The molecule has 0 aliphatic carbocycles. The Morgan fingerprint density at radius 3 is 2.69 bits per heavy atom. The highest BCUT2D eigenvalue weighted by Crippen LogP contribution is 2.41. The summed E-state index contributed by atoms with van der Waals surface area (Å²) >= 11 is 0. The zero-order chi connectivity index (χ0) is 24.5. The van der Waals surface area contributed by atoms with Gasteiger partial charge < -0.3 is 20.1 Å². The Morgan fingerprint density at radius 2 is 1.94 bits per heavy atom. The number of rotatable bonds is 3. The fourth-order valence-corrected chi connectivity index (χ4v) is 5.72. The summed E-state index contributed by atoms with van der Waals surface area (Å²) in [6.07, 6.45) is 3.53. The van der Waals surface area contributed by atoms with Crippen molar-refractivity contribution in [2.45, 2.75) is 57.9 Å². The van der Waals surface area contributed by atoms with E-state index in [0.29, 0.717) is 30.0 Å². The van der Waals surface area contributed by atoms with Gasteiger partial charge in [0.05, 0.1) is 34.7 Å². The van der Waals surface area contributed by atoms with Gasteiger partial charge in [-0.15, -0.1) is 0 Å². The minimum absolute atomic E-state index is 0.0611. The van der Waals surface area contributed by atoms with Gasteiger partial charge >= 0.3 is 5.97 Å². The summed E-state index contributed by atoms with van der Waals surface area (Å²) in [5, 5.41) is 11.9. The van der Waals surface area contributed by atoms with E-state index in [1.54, 1.807) is 23.6 Å². The van der Waals surface area contributed by atoms with E-state index in [-0.39, 0.29) is 35.4 Å². The fraction of sp³-hybridized carbons (Fsp3) is 0.423. The molecule has 35 heavy (non-hydrogen) atoms. The molecule has 0 spiro atoms. The lowest BCUT2D eigenvalue weighted by molar-refractivity contribution is -0.172.